The Labute approximate surface area is 130 Å². The van der Waals surface area contributed by atoms with Crippen LogP contribution in [0.3, 0.4) is 0 Å². The molecule has 6 nitrogen and oxygen atoms in total. The molecule has 0 spiro atoms. The van der Waals surface area contributed by atoms with Crippen molar-refractivity contribution in [2.24, 2.45) is 11.1 Å². The average Bonchev–Trinajstić information content (AvgIpc) is 2.71. The Kier molecular flexibility index (Phi) is 4.45. The number of hydrogen-bond acceptors (Lipinski definition) is 4. The Bertz CT molecular complexity index is 774. The quantitative estimate of drug-likeness (QED) is 0.884. The standard InChI is InChI=1S/C12H14BrFN4O2S/c1-7(2)6-18-11(16-17-12(18)21(15,19)20)9-4-3-8(13)5-10(9)14/h3-5,7H,6H2,1-2H3,(H2,15,19,20). The van der Waals surface area contributed by atoms with Gasteiger partial charge in [-0.2, -0.15) is 0 Å². The van der Waals surface area contributed by atoms with Gasteiger partial charge in [-0.3, -0.25) is 4.57 Å². The molecular formula is C12H14BrFN4O2S. The second-order valence-corrected chi connectivity index (χ2v) is 7.35. The molecule has 0 saturated heterocycles. The third kappa shape index (κ3) is 3.47. The van der Waals surface area contributed by atoms with Crippen molar-refractivity contribution in [1.82, 2.24) is 14.8 Å². The minimum Gasteiger partial charge on any atom is -0.296 e. The Hall–Kier alpha value is -1.32. The van der Waals surface area contributed by atoms with Crippen molar-refractivity contribution in [3.05, 3.63) is 28.5 Å². The molecule has 0 saturated carbocycles. The molecule has 0 aliphatic heterocycles. The van der Waals surface area contributed by atoms with Gasteiger partial charge in [0.15, 0.2) is 5.82 Å². The fraction of sp³-hybridized carbons (Fsp3) is 0.333. The third-order valence-electron chi connectivity index (χ3n) is 2.69. The highest BCUT2D eigenvalue weighted by molar-refractivity contribution is 9.10. The molecule has 2 rings (SSSR count). The number of hydrogen-bond donors (Lipinski definition) is 1. The van der Waals surface area contributed by atoms with Crippen LogP contribution in [0.2, 0.25) is 0 Å². The molecule has 9 heteroatoms. The molecule has 2 N–H and O–H groups in total. The molecule has 0 fully saturated rings. The minimum absolute atomic E-state index is 0.110. The lowest BCUT2D eigenvalue weighted by atomic mass is 10.2. The molecule has 1 aromatic carbocycles. The third-order valence-corrected chi connectivity index (χ3v) is 4.00. The van der Waals surface area contributed by atoms with Gasteiger partial charge < -0.3 is 0 Å². The van der Waals surface area contributed by atoms with E-state index in [9.17, 15) is 12.8 Å². The van der Waals surface area contributed by atoms with Gasteiger partial charge in [0.1, 0.15) is 5.82 Å². The number of halogens is 2. The SMILES string of the molecule is CC(C)Cn1c(-c2ccc(Br)cc2F)nnc1S(N)(=O)=O. The maximum atomic E-state index is 14.1. The zero-order valence-corrected chi connectivity index (χ0v) is 13.8. The minimum atomic E-state index is -4.03. The van der Waals surface area contributed by atoms with Crippen molar-refractivity contribution in [1.29, 1.82) is 0 Å². The topological polar surface area (TPSA) is 90.9 Å². The highest BCUT2D eigenvalue weighted by Gasteiger charge is 2.24. The number of benzene rings is 1. The summed E-state index contributed by atoms with van der Waals surface area (Å²) in [6.45, 7) is 4.10. The van der Waals surface area contributed by atoms with E-state index in [1.54, 1.807) is 6.07 Å². The molecule has 114 valence electrons. The molecule has 0 aliphatic rings. The molecule has 0 aliphatic carbocycles. The monoisotopic (exact) mass is 376 g/mol. The first-order chi connectivity index (χ1) is 9.70. The second kappa shape index (κ2) is 5.82. The normalized spacial score (nSPS) is 12.1. The van der Waals surface area contributed by atoms with E-state index in [-0.39, 0.29) is 22.5 Å². The fourth-order valence-electron chi connectivity index (χ4n) is 1.90. The van der Waals surface area contributed by atoms with Crippen LogP contribution in [0.25, 0.3) is 11.4 Å². The van der Waals surface area contributed by atoms with Crippen LogP contribution in [0.4, 0.5) is 4.39 Å². The summed E-state index contributed by atoms with van der Waals surface area (Å²) in [4.78, 5) is 0. The van der Waals surface area contributed by atoms with Crippen LogP contribution >= 0.6 is 15.9 Å². The van der Waals surface area contributed by atoms with Gasteiger partial charge in [-0.25, -0.2) is 17.9 Å². The van der Waals surface area contributed by atoms with Crippen molar-refractivity contribution in [2.75, 3.05) is 0 Å². The first-order valence-electron chi connectivity index (χ1n) is 6.11. The molecule has 0 atom stereocenters. The van der Waals surface area contributed by atoms with E-state index in [1.165, 1.54) is 16.7 Å². The van der Waals surface area contributed by atoms with Gasteiger partial charge in [-0.1, -0.05) is 29.8 Å². The largest absolute Gasteiger partial charge is 0.296 e. The van der Waals surface area contributed by atoms with Crippen LogP contribution < -0.4 is 5.14 Å². The lowest BCUT2D eigenvalue weighted by molar-refractivity contribution is 0.485. The molecule has 1 heterocycles. The predicted molar refractivity (Wildman–Crippen MR) is 79.3 cm³/mol. The Morgan fingerprint density at radius 1 is 1.38 bits per heavy atom. The molecule has 1 aromatic heterocycles. The summed E-state index contributed by atoms with van der Waals surface area (Å²) in [5, 5.41) is 12.2. The van der Waals surface area contributed by atoms with Crippen molar-refractivity contribution in [3.8, 4) is 11.4 Å². The summed E-state index contributed by atoms with van der Waals surface area (Å²) in [5.41, 5.74) is 0.168. The summed E-state index contributed by atoms with van der Waals surface area (Å²) in [5.74, 6) is -0.278. The summed E-state index contributed by atoms with van der Waals surface area (Å²) >= 11 is 3.17. The first-order valence-corrected chi connectivity index (χ1v) is 8.45. The predicted octanol–water partition coefficient (Wildman–Crippen LogP) is 2.15. The maximum absolute atomic E-state index is 14.1. The van der Waals surface area contributed by atoms with Gasteiger partial charge in [0.2, 0.25) is 0 Å². The molecule has 0 bridgehead atoms. The molecule has 0 amide bonds. The van der Waals surface area contributed by atoms with Gasteiger partial charge in [-0.15, -0.1) is 10.2 Å². The lowest BCUT2D eigenvalue weighted by Crippen LogP contribution is -2.20. The van der Waals surface area contributed by atoms with E-state index < -0.39 is 15.8 Å². The fourth-order valence-corrected chi connectivity index (χ4v) is 2.85. The van der Waals surface area contributed by atoms with E-state index >= 15 is 0 Å². The lowest BCUT2D eigenvalue weighted by Gasteiger charge is -2.12. The number of primary sulfonamides is 1. The van der Waals surface area contributed by atoms with E-state index in [2.05, 4.69) is 26.1 Å². The highest BCUT2D eigenvalue weighted by Crippen LogP contribution is 2.26. The van der Waals surface area contributed by atoms with Crippen LogP contribution in [0.15, 0.2) is 27.8 Å². The number of nitrogens with zero attached hydrogens (tertiary/aromatic N) is 3. The van der Waals surface area contributed by atoms with Crippen molar-refractivity contribution in [3.63, 3.8) is 0 Å². The summed E-state index contributed by atoms with van der Waals surface area (Å²) < 4.78 is 39.1. The van der Waals surface area contributed by atoms with E-state index in [4.69, 9.17) is 5.14 Å². The molecule has 21 heavy (non-hydrogen) atoms. The van der Waals surface area contributed by atoms with Crippen LogP contribution in [0.5, 0.6) is 0 Å². The van der Waals surface area contributed by atoms with E-state index in [1.807, 2.05) is 13.8 Å². The Morgan fingerprint density at radius 3 is 2.57 bits per heavy atom. The van der Waals surface area contributed by atoms with Crippen molar-refractivity contribution in [2.45, 2.75) is 25.5 Å². The van der Waals surface area contributed by atoms with E-state index in [0.29, 0.717) is 11.0 Å². The van der Waals surface area contributed by atoms with Gasteiger partial charge in [-0.05, 0) is 24.1 Å². The van der Waals surface area contributed by atoms with Crippen molar-refractivity contribution >= 4 is 26.0 Å². The van der Waals surface area contributed by atoms with E-state index in [0.717, 1.165) is 0 Å². The highest BCUT2D eigenvalue weighted by atomic mass is 79.9. The first kappa shape index (κ1) is 16.1. The second-order valence-electron chi connectivity index (χ2n) is 4.98. The van der Waals surface area contributed by atoms with Gasteiger partial charge in [0, 0.05) is 11.0 Å². The van der Waals surface area contributed by atoms with Gasteiger partial charge >= 0.3 is 0 Å². The zero-order chi connectivity index (χ0) is 15.8. The van der Waals surface area contributed by atoms with Crippen LogP contribution in [0.1, 0.15) is 13.8 Å². The Balaban J connectivity index is 2.66. The van der Waals surface area contributed by atoms with Gasteiger partial charge in [0.05, 0.1) is 5.56 Å². The molecule has 0 radical (unpaired) electrons. The number of rotatable bonds is 4. The average molecular weight is 377 g/mol. The summed E-state index contributed by atoms with van der Waals surface area (Å²) in [7, 11) is -4.03. The molecule has 0 unspecified atom stereocenters. The number of nitrogens with two attached hydrogens (primary N) is 1. The van der Waals surface area contributed by atoms with Crippen LogP contribution in [0, 0.1) is 11.7 Å². The zero-order valence-electron chi connectivity index (χ0n) is 11.4. The summed E-state index contributed by atoms with van der Waals surface area (Å²) in [6, 6.07) is 4.43. The van der Waals surface area contributed by atoms with Crippen molar-refractivity contribution < 1.29 is 12.8 Å². The summed E-state index contributed by atoms with van der Waals surface area (Å²) in [6.07, 6.45) is 0. The number of sulfonamides is 1. The van der Waals surface area contributed by atoms with Crippen LogP contribution in [-0.2, 0) is 16.6 Å². The number of aromatic nitrogens is 3. The van der Waals surface area contributed by atoms with Gasteiger partial charge in [0.25, 0.3) is 15.2 Å². The Morgan fingerprint density at radius 2 is 2.05 bits per heavy atom. The smallest absolute Gasteiger partial charge is 0.273 e. The van der Waals surface area contributed by atoms with Crippen LogP contribution in [-0.4, -0.2) is 23.2 Å². The molecule has 2 aromatic rings. The maximum Gasteiger partial charge on any atom is 0.273 e. The molecular weight excluding hydrogens is 363 g/mol.